The highest BCUT2D eigenvalue weighted by atomic mass is 19.3. The van der Waals surface area contributed by atoms with Crippen molar-refractivity contribution >= 4 is 5.95 Å². The number of pyridine rings is 2. The Morgan fingerprint density at radius 2 is 1.72 bits per heavy atom. The van der Waals surface area contributed by atoms with Gasteiger partial charge in [0.1, 0.15) is 18.1 Å². The van der Waals surface area contributed by atoms with E-state index in [9.17, 15) is 18.3 Å². The Kier molecular flexibility index (Phi) is 6.89. The van der Waals surface area contributed by atoms with Gasteiger partial charge in [-0.1, -0.05) is 0 Å². The molecule has 36 heavy (non-hydrogen) atoms. The highest BCUT2D eigenvalue weighted by molar-refractivity contribution is 5.85. The van der Waals surface area contributed by atoms with Gasteiger partial charge in [0.05, 0.1) is 22.6 Å². The van der Waals surface area contributed by atoms with E-state index in [-0.39, 0.29) is 24.1 Å². The monoisotopic (exact) mass is 495 g/mol. The minimum atomic E-state index is -2.80. The van der Waals surface area contributed by atoms with Crippen LogP contribution in [0.25, 0.3) is 22.4 Å². The average Bonchev–Trinajstić information content (AvgIpc) is 2.82. The fraction of sp³-hybridized carbons (Fsp3) is 0.231. The fourth-order valence-corrected chi connectivity index (χ4v) is 3.67. The molecule has 186 valence electrons. The van der Waals surface area contributed by atoms with E-state index in [2.05, 4.69) is 19.9 Å². The molecule has 4 rings (SSSR count). The molecule has 1 aromatic carbocycles. The Morgan fingerprint density at radius 1 is 1.00 bits per heavy atom. The summed E-state index contributed by atoms with van der Waals surface area (Å²) in [6.07, 6.45) is -1.25. The summed E-state index contributed by atoms with van der Waals surface area (Å²) >= 11 is 0. The third-order valence-corrected chi connectivity index (χ3v) is 5.38. The molecule has 0 saturated heterocycles. The van der Waals surface area contributed by atoms with Gasteiger partial charge in [0, 0.05) is 17.5 Å². The molecule has 0 spiro atoms. The fourth-order valence-electron chi connectivity index (χ4n) is 3.67. The Labute approximate surface area is 205 Å². The predicted octanol–water partition coefficient (Wildman–Crippen LogP) is 5.37. The molecule has 0 aliphatic rings. The van der Waals surface area contributed by atoms with Crippen LogP contribution in [0.4, 0.5) is 19.1 Å². The smallest absolute Gasteiger partial charge is 0.280 e. The molecule has 3 heterocycles. The summed E-state index contributed by atoms with van der Waals surface area (Å²) in [5, 5.41) is 10.3. The summed E-state index contributed by atoms with van der Waals surface area (Å²) in [5.74, 6) is -0.537. The van der Waals surface area contributed by atoms with E-state index in [1.54, 1.807) is 45.2 Å². The maximum Gasteiger partial charge on any atom is 0.280 e. The first-order valence-electron chi connectivity index (χ1n) is 11.0. The van der Waals surface area contributed by atoms with Crippen molar-refractivity contribution in [2.45, 2.75) is 39.4 Å². The molecule has 3 aromatic heterocycles. The van der Waals surface area contributed by atoms with Crippen molar-refractivity contribution in [3.05, 3.63) is 83.2 Å². The number of rotatable bonds is 7. The van der Waals surface area contributed by atoms with Crippen LogP contribution in [0.2, 0.25) is 0 Å². The average molecular weight is 496 g/mol. The minimum absolute atomic E-state index is 0.0307. The third-order valence-electron chi connectivity index (χ3n) is 5.38. The van der Waals surface area contributed by atoms with Crippen molar-refractivity contribution in [2.75, 3.05) is 5.73 Å². The van der Waals surface area contributed by atoms with Gasteiger partial charge in [0.2, 0.25) is 11.8 Å². The molecule has 0 aliphatic carbocycles. The Hall–Kier alpha value is -4.05. The van der Waals surface area contributed by atoms with Crippen LogP contribution in [-0.2, 0) is 12.2 Å². The molecule has 0 aliphatic heterocycles. The van der Waals surface area contributed by atoms with E-state index in [1.165, 1.54) is 30.3 Å². The molecule has 0 saturated carbocycles. The van der Waals surface area contributed by atoms with Gasteiger partial charge in [-0.15, -0.1) is 0 Å². The van der Waals surface area contributed by atoms with Crippen LogP contribution in [0.15, 0.2) is 54.7 Å². The van der Waals surface area contributed by atoms with Crippen LogP contribution < -0.4 is 10.5 Å². The Bertz CT molecular complexity index is 1390. The zero-order chi connectivity index (χ0) is 26.0. The largest absolute Gasteiger partial charge is 0.471 e. The maximum absolute atomic E-state index is 13.6. The lowest BCUT2D eigenvalue weighted by Gasteiger charge is -2.19. The van der Waals surface area contributed by atoms with Crippen molar-refractivity contribution in [1.29, 1.82) is 0 Å². The second-order valence-electron chi connectivity index (χ2n) is 8.72. The molecule has 0 unspecified atom stereocenters. The molecule has 0 amide bonds. The second-order valence-corrected chi connectivity index (χ2v) is 8.72. The Balaban J connectivity index is 1.85. The molecule has 7 nitrogen and oxygen atoms in total. The molecule has 0 bridgehead atoms. The number of nitrogens with two attached hydrogens (primary N) is 1. The molecule has 0 fully saturated rings. The summed E-state index contributed by atoms with van der Waals surface area (Å²) in [7, 11) is 0. The van der Waals surface area contributed by atoms with Crippen LogP contribution in [0.1, 0.15) is 42.9 Å². The highest BCUT2D eigenvalue weighted by Crippen LogP contribution is 2.39. The topological polar surface area (TPSA) is 107 Å². The summed E-state index contributed by atoms with van der Waals surface area (Å²) < 4.78 is 46.7. The SMILES string of the molecule is Cc1cc(-c2c(OCc3cc(C(C)(C)O)ccn3)nc(N)nc2-c2ccc(F)cc2)cc(C(F)F)n1. The van der Waals surface area contributed by atoms with Gasteiger partial charge in [-0.25, -0.2) is 18.2 Å². The number of alkyl halides is 2. The number of nitrogen functional groups attached to an aromatic ring is 1. The van der Waals surface area contributed by atoms with Gasteiger partial charge in [0.15, 0.2) is 0 Å². The number of aromatic nitrogens is 4. The van der Waals surface area contributed by atoms with E-state index >= 15 is 0 Å². The van der Waals surface area contributed by atoms with Gasteiger partial charge in [-0.05, 0) is 80.4 Å². The molecular formula is C26H24F3N5O2. The van der Waals surface area contributed by atoms with Gasteiger partial charge in [-0.3, -0.25) is 9.97 Å². The first-order valence-corrected chi connectivity index (χ1v) is 11.0. The standard InChI is InChI=1S/C26H24F3N5O2/c1-14-10-16(11-20(32-14)23(28)29)21-22(15-4-6-18(27)7-5-15)33-25(30)34-24(21)36-13-19-12-17(8-9-31-19)26(2,3)35/h4-12,23,35H,13H2,1-3H3,(H2,30,33,34). The van der Waals surface area contributed by atoms with E-state index in [1.807, 2.05) is 0 Å². The quantitative estimate of drug-likeness (QED) is 0.355. The third kappa shape index (κ3) is 5.60. The number of hydrogen-bond acceptors (Lipinski definition) is 7. The normalized spacial score (nSPS) is 11.7. The minimum Gasteiger partial charge on any atom is -0.471 e. The molecular weight excluding hydrogens is 471 g/mol. The summed E-state index contributed by atoms with van der Waals surface area (Å²) in [4.78, 5) is 16.7. The second kappa shape index (κ2) is 9.90. The number of anilines is 1. The molecule has 0 atom stereocenters. The van der Waals surface area contributed by atoms with E-state index in [0.29, 0.717) is 33.6 Å². The predicted molar refractivity (Wildman–Crippen MR) is 129 cm³/mol. The van der Waals surface area contributed by atoms with Gasteiger partial charge < -0.3 is 15.6 Å². The van der Waals surface area contributed by atoms with Crippen molar-refractivity contribution < 1.29 is 23.0 Å². The molecule has 0 radical (unpaired) electrons. The summed E-state index contributed by atoms with van der Waals surface area (Å²) in [6, 6.07) is 11.7. The zero-order valence-corrected chi connectivity index (χ0v) is 19.8. The van der Waals surface area contributed by atoms with Crippen LogP contribution in [0.3, 0.4) is 0 Å². The van der Waals surface area contributed by atoms with Gasteiger partial charge in [0.25, 0.3) is 6.43 Å². The van der Waals surface area contributed by atoms with Crippen LogP contribution >= 0.6 is 0 Å². The van der Waals surface area contributed by atoms with Gasteiger partial charge in [-0.2, -0.15) is 4.98 Å². The first-order chi connectivity index (χ1) is 17.0. The van der Waals surface area contributed by atoms with E-state index in [4.69, 9.17) is 10.5 Å². The highest BCUT2D eigenvalue weighted by Gasteiger charge is 2.22. The number of aliphatic hydroxyl groups is 1. The number of ether oxygens (including phenoxy) is 1. The van der Waals surface area contributed by atoms with Crippen LogP contribution in [0, 0.1) is 12.7 Å². The molecule has 3 N–H and O–H groups in total. The number of halogens is 3. The number of benzene rings is 1. The first kappa shape index (κ1) is 25.1. The molecule has 4 aromatic rings. The van der Waals surface area contributed by atoms with E-state index < -0.39 is 23.5 Å². The zero-order valence-electron chi connectivity index (χ0n) is 19.8. The van der Waals surface area contributed by atoms with Crippen molar-refractivity contribution in [3.63, 3.8) is 0 Å². The van der Waals surface area contributed by atoms with Crippen LogP contribution in [0.5, 0.6) is 5.88 Å². The lowest BCUT2D eigenvalue weighted by atomic mass is 9.99. The van der Waals surface area contributed by atoms with Crippen molar-refractivity contribution in [3.8, 4) is 28.3 Å². The lowest BCUT2D eigenvalue weighted by Crippen LogP contribution is -2.16. The molecule has 10 heteroatoms. The lowest BCUT2D eigenvalue weighted by molar-refractivity contribution is 0.0783. The van der Waals surface area contributed by atoms with Crippen molar-refractivity contribution in [2.24, 2.45) is 0 Å². The van der Waals surface area contributed by atoms with Crippen LogP contribution in [-0.4, -0.2) is 25.0 Å². The number of nitrogens with zero attached hydrogens (tertiary/aromatic N) is 4. The van der Waals surface area contributed by atoms with Crippen molar-refractivity contribution in [1.82, 2.24) is 19.9 Å². The Morgan fingerprint density at radius 3 is 2.39 bits per heavy atom. The summed E-state index contributed by atoms with van der Waals surface area (Å²) in [6.45, 7) is 4.84. The van der Waals surface area contributed by atoms with E-state index in [0.717, 1.165) is 0 Å². The van der Waals surface area contributed by atoms with Gasteiger partial charge >= 0.3 is 0 Å². The maximum atomic E-state index is 13.6. The number of hydrogen-bond donors (Lipinski definition) is 2. The number of aryl methyl sites for hydroxylation is 1. The summed E-state index contributed by atoms with van der Waals surface area (Å²) in [5.41, 5.74) is 7.36.